The molecule has 0 aliphatic heterocycles. The van der Waals surface area contributed by atoms with E-state index >= 15 is 0 Å². The van der Waals surface area contributed by atoms with E-state index in [0.717, 1.165) is 0 Å². The molecule has 12 heteroatoms. The Balaban J connectivity index is -0.000000158. The standard InChI is InChI=1S/C6H12O7.C2H5NO2.2Cu/c7-1-2(8)3(9)4(10)5(11)6(12)13;3-1-2(4)5;;/h2-5,7-11H,1H2,(H,12,13);1,3H2,(H,4,5);;/t2-,3-,4+,5-;;;/m1.../s1. The fraction of sp³-hybridized carbons (Fsp3) is 0.750. The molecule has 10 nitrogen and oxygen atoms in total. The summed E-state index contributed by atoms with van der Waals surface area (Å²) in [5, 5.41) is 59.4. The molecule has 9 N–H and O–H groups in total. The molecular weight excluding hydrogens is 381 g/mol. The third-order valence-corrected chi connectivity index (χ3v) is 1.68. The van der Waals surface area contributed by atoms with E-state index in [1.165, 1.54) is 0 Å². The minimum Gasteiger partial charge on any atom is -0.480 e. The van der Waals surface area contributed by atoms with Gasteiger partial charge < -0.3 is 41.5 Å². The molecule has 0 aromatic rings. The second-order valence-electron chi connectivity index (χ2n) is 3.11. The van der Waals surface area contributed by atoms with Gasteiger partial charge in [0, 0.05) is 34.1 Å². The van der Waals surface area contributed by atoms with Crippen LogP contribution in [0.5, 0.6) is 0 Å². The first-order chi connectivity index (χ1) is 8.18. The molecule has 0 aromatic carbocycles. The molecule has 20 heavy (non-hydrogen) atoms. The van der Waals surface area contributed by atoms with Crippen LogP contribution in [0.3, 0.4) is 0 Å². The van der Waals surface area contributed by atoms with Crippen molar-refractivity contribution >= 4 is 11.9 Å². The number of aliphatic hydroxyl groups is 5. The van der Waals surface area contributed by atoms with Crippen LogP contribution in [0.4, 0.5) is 0 Å². The fourth-order valence-electron chi connectivity index (χ4n) is 0.668. The molecule has 0 saturated heterocycles. The van der Waals surface area contributed by atoms with Crippen molar-refractivity contribution in [2.75, 3.05) is 13.2 Å². The van der Waals surface area contributed by atoms with Crippen LogP contribution in [0.1, 0.15) is 0 Å². The van der Waals surface area contributed by atoms with E-state index in [2.05, 4.69) is 5.73 Å². The van der Waals surface area contributed by atoms with E-state index in [4.69, 9.17) is 35.7 Å². The van der Waals surface area contributed by atoms with Gasteiger partial charge in [-0.3, -0.25) is 4.79 Å². The Morgan fingerprint density at radius 1 is 0.950 bits per heavy atom. The molecule has 0 spiro atoms. The summed E-state index contributed by atoms with van der Waals surface area (Å²) >= 11 is 0. The van der Waals surface area contributed by atoms with Crippen LogP contribution in [0.15, 0.2) is 0 Å². The number of hydrogen-bond acceptors (Lipinski definition) is 8. The molecule has 0 bridgehead atoms. The van der Waals surface area contributed by atoms with Gasteiger partial charge in [-0.25, -0.2) is 4.79 Å². The second-order valence-corrected chi connectivity index (χ2v) is 3.11. The van der Waals surface area contributed by atoms with Gasteiger partial charge in [-0.1, -0.05) is 0 Å². The number of aliphatic hydroxyl groups excluding tert-OH is 5. The van der Waals surface area contributed by atoms with Crippen LogP contribution in [0, 0.1) is 0 Å². The number of nitrogens with two attached hydrogens (primary N) is 1. The topological polar surface area (TPSA) is 202 Å². The van der Waals surface area contributed by atoms with Gasteiger partial charge in [0.25, 0.3) is 0 Å². The summed E-state index contributed by atoms with van der Waals surface area (Å²) in [6.07, 6.45) is -7.84. The maximum absolute atomic E-state index is 10.1. The van der Waals surface area contributed by atoms with Crippen LogP contribution in [-0.4, -0.2) is 85.3 Å². The van der Waals surface area contributed by atoms with Crippen molar-refractivity contribution in [2.45, 2.75) is 24.4 Å². The molecule has 0 unspecified atom stereocenters. The molecule has 0 aliphatic rings. The van der Waals surface area contributed by atoms with Crippen molar-refractivity contribution in [2.24, 2.45) is 5.73 Å². The monoisotopic (exact) mass is 397 g/mol. The summed E-state index contributed by atoms with van der Waals surface area (Å²) in [6.45, 7) is -1.12. The normalized spacial score (nSPS) is 15.1. The second kappa shape index (κ2) is 15.1. The molecule has 0 aliphatic carbocycles. The van der Waals surface area contributed by atoms with Gasteiger partial charge >= 0.3 is 11.9 Å². The Bertz CT molecular complexity index is 268. The van der Waals surface area contributed by atoms with E-state index in [0.29, 0.717) is 0 Å². The number of carbonyl (C=O) groups is 2. The smallest absolute Gasteiger partial charge is 0.335 e. The minimum absolute atomic E-state index is 0. The first-order valence-corrected chi connectivity index (χ1v) is 4.66. The third kappa shape index (κ3) is 12.8. The van der Waals surface area contributed by atoms with E-state index in [1.54, 1.807) is 0 Å². The van der Waals surface area contributed by atoms with E-state index < -0.39 is 43.0 Å². The van der Waals surface area contributed by atoms with Crippen molar-refractivity contribution in [1.82, 2.24) is 0 Å². The van der Waals surface area contributed by atoms with Crippen molar-refractivity contribution in [3.8, 4) is 0 Å². The molecule has 0 amide bonds. The molecule has 0 rings (SSSR count). The molecule has 130 valence electrons. The average molecular weight is 398 g/mol. The number of rotatable bonds is 6. The predicted octanol–water partition coefficient (Wildman–Crippen LogP) is -4.47. The Morgan fingerprint density at radius 2 is 1.30 bits per heavy atom. The number of carboxylic acids is 2. The maximum atomic E-state index is 10.1. The Morgan fingerprint density at radius 3 is 1.50 bits per heavy atom. The Hall–Kier alpha value is -0.261. The van der Waals surface area contributed by atoms with Crippen LogP contribution in [0.25, 0.3) is 0 Å². The van der Waals surface area contributed by atoms with Gasteiger partial charge in [-0.05, 0) is 0 Å². The zero-order chi connectivity index (χ0) is 14.9. The largest absolute Gasteiger partial charge is 0.480 e. The van der Waals surface area contributed by atoms with Gasteiger partial charge in [-0.15, -0.1) is 0 Å². The average Bonchev–Trinajstić information content (AvgIpc) is 2.35. The third-order valence-electron chi connectivity index (χ3n) is 1.68. The van der Waals surface area contributed by atoms with Gasteiger partial charge in [-0.2, -0.15) is 0 Å². The van der Waals surface area contributed by atoms with Gasteiger partial charge in [0.2, 0.25) is 0 Å². The predicted molar refractivity (Wildman–Crippen MR) is 55.4 cm³/mol. The van der Waals surface area contributed by atoms with Gasteiger partial charge in [0.1, 0.15) is 18.3 Å². The van der Waals surface area contributed by atoms with Gasteiger partial charge in [0.15, 0.2) is 6.10 Å². The Labute approximate surface area is 135 Å². The number of hydrogen-bond donors (Lipinski definition) is 8. The summed E-state index contributed by atoms with van der Waals surface area (Å²) in [6, 6.07) is 0. The van der Waals surface area contributed by atoms with Crippen LogP contribution in [0.2, 0.25) is 0 Å². The fourth-order valence-corrected chi connectivity index (χ4v) is 0.668. The van der Waals surface area contributed by atoms with Crippen LogP contribution < -0.4 is 5.73 Å². The molecular formula is C8H17Cu2NO9. The zero-order valence-electron chi connectivity index (χ0n) is 9.85. The maximum Gasteiger partial charge on any atom is 0.335 e. The molecule has 0 aromatic heterocycles. The number of carboxylic acid groups (broad SMARTS) is 2. The summed E-state index contributed by atoms with van der Waals surface area (Å²) in [5.41, 5.74) is 4.57. The molecule has 4 atom stereocenters. The summed E-state index contributed by atoms with van der Waals surface area (Å²) < 4.78 is 0. The van der Waals surface area contributed by atoms with Crippen LogP contribution in [-0.2, 0) is 43.7 Å². The first-order valence-electron chi connectivity index (χ1n) is 4.66. The van der Waals surface area contributed by atoms with Crippen molar-refractivity contribution in [1.29, 1.82) is 0 Å². The van der Waals surface area contributed by atoms with E-state index in [9.17, 15) is 9.59 Å². The van der Waals surface area contributed by atoms with Crippen LogP contribution >= 0.6 is 0 Å². The SMILES string of the molecule is NCC(=O)O.O=C(O)[C@H](O)[C@@H](O)[C@H](O)[C@H](O)CO.[Cu].[Cu]. The summed E-state index contributed by atoms with van der Waals surface area (Å²) in [4.78, 5) is 19.3. The van der Waals surface area contributed by atoms with Crippen molar-refractivity contribution < 1.29 is 79.5 Å². The quantitative estimate of drug-likeness (QED) is 0.202. The molecule has 0 heterocycles. The summed E-state index contributed by atoms with van der Waals surface area (Å²) in [7, 11) is 0. The van der Waals surface area contributed by atoms with E-state index in [1.807, 2.05) is 0 Å². The molecule has 0 saturated carbocycles. The van der Waals surface area contributed by atoms with Crippen molar-refractivity contribution in [3.63, 3.8) is 0 Å². The summed E-state index contributed by atoms with van der Waals surface area (Å²) in [5.74, 6) is -2.69. The zero-order valence-corrected chi connectivity index (χ0v) is 11.7. The van der Waals surface area contributed by atoms with E-state index in [-0.39, 0.29) is 40.7 Å². The Kier molecular flexibility index (Phi) is 21.2. The van der Waals surface area contributed by atoms with Gasteiger partial charge in [0.05, 0.1) is 13.2 Å². The number of aliphatic carboxylic acids is 2. The molecule has 0 fully saturated rings. The molecule has 2 radical (unpaired) electrons. The minimum atomic E-state index is -2.20. The first kappa shape index (κ1) is 28.0. The van der Waals surface area contributed by atoms with Crippen molar-refractivity contribution in [3.05, 3.63) is 0 Å².